The van der Waals surface area contributed by atoms with Crippen LogP contribution in [0.3, 0.4) is 0 Å². The molecule has 0 unspecified atom stereocenters. The fourth-order valence-corrected chi connectivity index (χ4v) is 7.69. The Morgan fingerprint density at radius 1 is 1.18 bits per heavy atom. The highest BCUT2D eigenvalue weighted by Gasteiger charge is 2.61. The normalized spacial score (nSPS) is 36.0. The molecule has 3 aliphatic carbocycles. The third-order valence-corrected chi connectivity index (χ3v) is 9.47. The van der Waals surface area contributed by atoms with Crippen molar-refractivity contribution >= 4 is 23.5 Å². The summed E-state index contributed by atoms with van der Waals surface area (Å²) in [6, 6.07) is 5.96. The number of phenols is 1. The smallest absolute Gasteiger partial charge is 0.131 e. The summed E-state index contributed by atoms with van der Waals surface area (Å²) >= 11 is 3.75. The van der Waals surface area contributed by atoms with E-state index in [1.165, 1.54) is 23.3 Å². The molecular weight excluding hydrogens is 384 g/mol. The standard InChI is InChI=1S/C24H32O2S2/c1-23-11-8-20-19-7-5-18(25)16-17(19)4-6-21(20)22(23)9-12-24(23,26)10-3-13-28-15-14-27-2/h5,7,16,20-22,25-26H,4,6,8-9,11-15H2,1-2H3/t20-,21-,22+,23+,24+/m1/s1. The summed E-state index contributed by atoms with van der Waals surface area (Å²) in [5.41, 5.74) is 1.88. The Balaban J connectivity index is 1.51. The van der Waals surface area contributed by atoms with Gasteiger partial charge in [-0.05, 0) is 85.8 Å². The van der Waals surface area contributed by atoms with Crippen molar-refractivity contribution in [2.75, 3.05) is 23.5 Å². The van der Waals surface area contributed by atoms with Crippen molar-refractivity contribution < 1.29 is 10.2 Å². The third kappa shape index (κ3) is 3.48. The second-order valence-electron chi connectivity index (χ2n) is 9.00. The zero-order valence-corrected chi connectivity index (χ0v) is 18.7. The molecule has 0 amide bonds. The van der Waals surface area contributed by atoms with Crippen LogP contribution in [-0.4, -0.2) is 39.3 Å². The van der Waals surface area contributed by atoms with Gasteiger partial charge in [-0.25, -0.2) is 0 Å². The van der Waals surface area contributed by atoms with Crippen LogP contribution in [0.2, 0.25) is 0 Å². The summed E-state index contributed by atoms with van der Waals surface area (Å²) < 4.78 is 0. The zero-order valence-electron chi connectivity index (χ0n) is 17.0. The molecule has 0 radical (unpaired) electrons. The molecule has 0 saturated heterocycles. The minimum Gasteiger partial charge on any atom is -0.508 e. The molecule has 0 aromatic heterocycles. The Morgan fingerprint density at radius 3 is 2.86 bits per heavy atom. The molecule has 2 N–H and O–H groups in total. The van der Waals surface area contributed by atoms with Gasteiger partial charge in [0.05, 0.1) is 5.75 Å². The van der Waals surface area contributed by atoms with Crippen molar-refractivity contribution in [2.45, 2.75) is 57.0 Å². The van der Waals surface area contributed by atoms with Crippen LogP contribution in [0.1, 0.15) is 56.1 Å². The van der Waals surface area contributed by atoms with Crippen molar-refractivity contribution in [3.63, 3.8) is 0 Å². The van der Waals surface area contributed by atoms with Gasteiger partial charge in [0, 0.05) is 16.9 Å². The third-order valence-electron chi connectivity index (χ3n) is 7.76. The molecule has 0 aliphatic heterocycles. The average molecular weight is 417 g/mol. The number of benzene rings is 1. The van der Waals surface area contributed by atoms with Gasteiger partial charge in [0.1, 0.15) is 11.4 Å². The van der Waals surface area contributed by atoms with E-state index in [-0.39, 0.29) is 5.41 Å². The highest BCUT2D eigenvalue weighted by molar-refractivity contribution is 8.02. The van der Waals surface area contributed by atoms with Gasteiger partial charge in [-0.3, -0.25) is 0 Å². The lowest BCUT2D eigenvalue weighted by atomic mass is 9.53. The Morgan fingerprint density at radius 2 is 2.04 bits per heavy atom. The fourth-order valence-electron chi connectivity index (χ4n) is 6.24. The van der Waals surface area contributed by atoms with E-state index in [0.717, 1.165) is 43.6 Å². The van der Waals surface area contributed by atoms with Crippen molar-refractivity contribution in [2.24, 2.45) is 17.3 Å². The molecule has 0 heterocycles. The first kappa shape index (κ1) is 20.5. The largest absolute Gasteiger partial charge is 0.508 e. The van der Waals surface area contributed by atoms with Gasteiger partial charge in [-0.15, -0.1) is 11.8 Å². The van der Waals surface area contributed by atoms with Gasteiger partial charge in [-0.2, -0.15) is 11.8 Å². The van der Waals surface area contributed by atoms with E-state index in [1.807, 2.05) is 35.7 Å². The summed E-state index contributed by atoms with van der Waals surface area (Å²) in [5.74, 6) is 11.9. The summed E-state index contributed by atoms with van der Waals surface area (Å²) in [6.07, 6.45) is 8.45. The molecule has 2 nitrogen and oxygen atoms in total. The minimum absolute atomic E-state index is 0.0838. The maximum absolute atomic E-state index is 11.6. The van der Waals surface area contributed by atoms with Crippen LogP contribution in [0.4, 0.5) is 0 Å². The molecule has 5 atom stereocenters. The van der Waals surface area contributed by atoms with E-state index in [1.54, 1.807) is 0 Å². The lowest BCUT2D eigenvalue weighted by molar-refractivity contribution is -0.0648. The predicted octanol–water partition coefficient (Wildman–Crippen LogP) is 5.08. The average Bonchev–Trinajstić information content (AvgIpc) is 2.95. The van der Waals surface area contributed by atoms with E-state index in [2.05, 4.69) is 31.1 Å². The Bertz CT molecular complexity index is 783. The molecule has 1 aromatic rings. The van der Waals surface area contributed by atoms with E-state index >= 15 is 0 Å². The molecular formula is C24H32O2S2. The van der Waals surface area contributed by atoms with Gasteiger partial charge >= 0.3 is 0 Å². The van der Waals surface area contributed by atoms with E-state index in [4.69, 9.17) is 0 Å². The Kier molecular flexibility index (Phi) is 5.98. The van der Waals surface area contributed by atoms with E-state index in [0.29, 0.717) is 23.5 Å². The van der Waals surface area contributed by atoms with Crippen LogP contribution in [0.15, 0.2) is 18.2 Å². The molecule has 152 valence electrons. The van der Waals surface area contributed by atoms with Crippen LogP contribution >= 0.6 is 23.5 Å². The quantitative estimate of drug-likeness (QED) is 0.530. The first-order valence-electron chi connectivity index (χ1n) is 10.6. The van der Waals surface area contributed by atoms with Gasteiger partial charge in [0.25, 0.3) is 0 Å². The summed E-state index contributed by atoms with van der Waals surface area (Å²) in [4.78, 5) is 0. The van der Waals surface area contributed by atoms with Crippen molar-refractivity contribution in [1.29, 1.82) is 0 Å². The van der Waals surface area contributed by atoms with Crippen LogP contribution < -0.4 is 0 Å². The monoisotopic (exact) mass is 416 g/mol. The van der Waals surface area contributed by atoms with Gasteiger partial charge < -0.3 is 10.2 Å². The number of thioether (sulfide) groups is 2. The first-order valence-corrected chi connectivity index (χ1v) is 13.1. The number of aromatic hydroxyl groups is 1. The summed E-state index contributed by atoms with van der Waals surface area (Å²) in [7, 11) is 0. The molecule has 3 aliphatic rings. The van der Waals surface area contributed by atoms with Crippen LogP contribution in [0, 0.1) is 29.1 Å². The number of rotatable bonds is 4. The number of phenolic OH excluding ortho intramolecular Hbond substituents is 1. The highest BCUT2D eigenvalue weighted by atomic mass is 32.2. The van der Waals surface area contributed by atoms with Gasteiger partial charge in [-0.1, -0.05) is 24.8 Å². The summed E-state index contributed by atoms with van der Waals surface area (Å²) in [5, 5.41) is 21.4. The van der Waals surface area contributed by atoms with Crippen molar-refractivity contribution in [1.82, 2.24) is 0 Å². The topological polar surface area (TPSA) is 40.5 Å². The Labute approximate surface area is 178 Å². The van der Waals surface area contributed by atoms with E-state index < -0.39 is 5.60 Å². The number of aryl methyl sites for hydroxylation is 1. The molecule has 0 spiro atoms. The van der Waals surface area contributed by atoms with Gasteiger partial charge in [0.15, 0.2) is 0 Å². The molecule has 1 aromatic carbocycles. The number of hydrogen-bond acceptors (Lipinski definition) is 4. The van der Waals surface area contributed by atoms with Gasteiger partial charge in [0.2, 0.25) is 0 Å². The molecule has 2 saturated carbocycles. The fraction of sp³-hybridized carbons (Fsp3) is 0.667. The van der Waals surface area contributed by atoms with Crippen molar-refractivity contribution in [3.8, 4) is 17.6 Å². The summed E-state index contributed by atoms with van der Waals surface area (Å²) in [6.45, 7) is 2.31. The zero-order chi connectivity index (χ0) is 19.8. The first-order chi connectivity index (χ1) is 13.5. The second-order valence-corrected chi connectivity index (χ2v) is 11.1. The lowest BCUT2D eigenvalue weighted by Crippen LogP contribution is -2.50. The second kappa shape index (κ2) is 8.17. The molecule has 28 heavy (non-hydrogen) atoms. The van der Waals surface area contributed by atoms with Crippen LogP contribution in [0.25, 0.3) is 0 Å². The maximum atomic E-state index is 11.6. The minimum atomic E-state index is -0.821. The predicted molar refractivity (Wildman–Crippen MR) is 121 cm³/mol. The SMILES string of the molecule is CSCCSCC#C[C@]1(O)CC[C@H]2[C@@H]3CCc4cc(O)ccc4[C@H]3CC[C@@]21C. The molecule has 0 bridgehead atoms. The maximum Gasteiger partial charge on any atom is 0.131 e. The Hall–Kier alpha value is -0.760. The molecule has 2 fully saturated rings. The van der Waals surface area contributed by atoms with Crippen LogP contribution in [-0.2, 0) is 6.42 Å². The number of aliphatic hydroxyl groups is 1. The molecule has 4 heteroatoms. The molecule has 4 rings (SSSR count). The van der Waals surface area contributed by atoms with E-state index in [9.17, 15) is 10.2 Å². The number of fused-ring (bicyclic) bond motifs is 5. The number of hydrogen-bond donors (Lipinski definition) is 2. The highest BCUT2D eigenvalue weighted by Crippen LogP contribution is 2.64. The lowest BCUT2D eigenvalue weighted by Gasteiger charge is -2.52. The van der Waals surface area contributed by atoms with Crippen molar-refractivity contribution in [3.05, 3.63) is 29.3 Å². The van der Waals surface area contributed by atoms with Crippen LogP contribution in [0.5, 0.6) is 5.75 Å².